The minimum absolute atomic E-state index is 0.0121. The van der Waals surface area contributed by atoms with Crippen LogP contribution in [0.1, 0.15) is 24.8 Å². The Hall–Kier alpha value is -2.65. The van der Waals surface area contributed by atoms with Crippen LogP contribution in [0.3, 0.4) is 0 Å². The lowest BCUT2D eigenvalue weighted by Crippen LogP contribution is -2.34. The van der Waals surface area contributed by atoms with Gasteiger partial charge in [-0.3, -0.25) is 4.79 Å². The number of rotatable bonds is 5. The smallest absolute Gasteiger partial charge is 0.316 e. The molecule has 2 fully saturated rings. The van der Waals surface area contributed by atoms with E-state index in [1.807, 2.05) is 0 Å². The number of likely N-dealkylation sites (tertiary alicyclic amines) is 1. The highest BCUT2D eigenvalue weighted by atomic mass is 19.3. The summed E-state index contributed by atoms with van der Waals surface area (Å²) < 4.78 is 57.3. The van der Waals surface area contributed by atoms with Gasteiger partial charge in [-0.25, -0.2) is 17.6 Å². The molecule has 144 valence electrons. The van der Waals surface area contributed by atoms with Gasteiger partial charge in [-0.2, -0.15) is 0 Å². The van der Waals surface area contributed by atoms with Crippen molar-refractivity contribution in [2.24, 2.45) is 5.41 Å². The van der Waals surface area contributed by atoms with E-state index in [4.69, 9.17) is 4.42 Å². The second-order valence-corrected chi connectivity index (χ2v) is 6.92. The number of anilines is 1. The lowest BCUT2D eigenvalue weighted by atomic mass is 10.1. The highest BCUT2D eigenvalue weighted by Crippen LogP contribution is 2.64. The third-order valence-electron chi connectivity index (χ3n) is 5.14. The normalized spacial score (nSPS) is 23.2. The second kappa shape index (κ2) is 6.21. The van der Waals surface area contributed by atoms with Gasteiger partial charge in [0.15, 0.2) is 0 Å². The maximum atomic E-state index is 13.4. The van der Waals surface area contributed by atoms with Crippen LogP contribution < -0.4 is 5.32 Å². The van der Waals surface area contributed by atoms with Crippen LogP contribution in [0.25, 0.3) is 11.5 Å². The zero-order valence-corrected chi connectivity index (χ0v) is 14.1. The van der Waals surface area contributed by atoms with Gasteiger partial charge < -0.3 is 14.6 Å². The number of hydrogen-bond acceptors (Lipinski definition) is 5. The molecule has 0 bridgehead atoms. The summed E-state index contributed by atoms with van der Waals surface area (Å²) in [6.07, 6.45) is -2.41. The van der Waals surface area contributed by atoms with E-state index >= 15 is 0 Å². The zero-order valence-electron chi connectivity index (χ0n) is 14.1. The van der Waals surface area contributed by atoms with Gasteiger partial charge in [-0.15, -0.1) is 5.10 Å². The summed E-state index contributed by atoms with van der Waals surface area (Å²) >= 11 is 0. The summed E-state index contributed by atoms with van der Waals surface area (Å²) in [4.78, 5) is 13.6. The predicted octanol–water partition coefficient (Wildman–Crippen LogP) is 3.34. The summed E-state index contributed by atoms with van der Waals surface area (Å²) in [7, 11) is 0. The number of halogens is 4. The van der Waals surface area contributed by atoms with Gasteiger partial charge >= 0.3 is 6.01 Å². The predicted molar refractivity (Wildman–Crippen MR) is 86.4 cm³/mol. The number of nitrogens with one attached hydrogen (secondary N) is 1. The van der Waals surface area contributed by atoms with Crippen molar-refractivity contribution >= 4 is 11.9 Å². The van der Waals surface area contributed by atoms with E-state index < -0.39 is 17.8 Å². The first-order chi connectivity index (χ1) is 12.8. The quantitative estimate of drug-likeness (QED) is 0.801. The number of amides is 1. The number of carbonyl (C=O) groups excluding carboxylic acids is 1. The van der Waals surface area contributed by atoms with Crippen molar-refractivity contribution in [3.8, 4) is 11.5 Å². The highest BCUT2D eigenvalue weighted by molar-refractivity contribution is 5.80. The van der Waals surface area contributed by atoms with Crippen LogP contribution in [0.5, 0.6) is 0 Å². The molecule has 1 aliphatic carbocycles. The van der Waals surface area contributed by atoms with Gasteiger partial charge in [0.1, 0.15) is 0 Å². The molecule has 1 saturated heterocycles. The molecule has 4 rings (SSSR count). The molecule has 10 heteroatoms. The number of aromatic nitrogens is 2. The minimum Gasteiger partial charge on any atom is -0.403 e. The molecule has 1 amide bonds. The summed E-state index contributed by atoms with van der Waals surface area (Å²) in [5.74, 6) is -2.88. The molecule has 2 aromatic rings. The lowest BCUT2D eigenvalue weighted by molar-refractivity contribution is -0.128. The summed E-state index contributed by atoms with van der Waals surface area (Å²) in [5.41, 5.74) is -0.694. The van der Waals surface area contributed by atoms with Crippen molar-refractivity contribution < 1.29 is 26.8 Å². The van der Waals surface area contributed by atoms with E-state index in [1.165, 1.54) is 29.2 Å². The SMILES string of the molecule is O=C(CNc1nnc(-c2ccc(C(F)F)cc2)o1)N1CCC2(C1)CC2(F)F. The molecular formula is C17H16F4N4O2. The summed E-state index contributed by atoms with van der Waals surface area (Å²) in [6, 6.07) is 5.38. The topological polar surface area (TPSA) is 71.3 Å². The van der Waals surface area contributed by atoms with Crippen LogP contribution >= 0.6 is 0 Å². The van der Waals surface area contributed by atoms with Gasteiger partial charge in [0.05, 0.1) is 12.0 Å². The van der Waals surface area contributed by atoms with Crippen LogP contribution in [0.15, 0.2) is 28.7 Å². The Morgan fingerprint density at radius 1 is 1.26 bits per heavy atom. The first-order valence-corrected chi connectivity index (χ1v) is 8.41. The zero-order chi connectivity index (χ0) is 19.2. The van der Waals surface area contributed by atoms with Crippen molar-refractivity contribution in [2.45, 2.75) is 25.2 Å². The van der Waals surface area contributed by atoms with Crippen molar-refractivity contribution in [1.82, 2.24) is 15.1 Å². The molecule has 0 radical (unpaired) electrons. The first kappa shape index (κ1) is 17.7. The maximum absolute atomic E-state index is 13.4. The Balaban J connectivity index is 1.33. The Bertz CT molecular complexity index is 855. The van der Waals surface area contributed by atoms with Crippen molar-refractivity contribution in [3.05, 3.63) is 29.8 Å². The van der Waals surface area contributed by atoms with Crippen LogP contribution in [-0.4, -0.2) is 46.6 Å². The molecule has 2 aliphatic rings. The molecule has 1 N–H and O–H groups in total. The van der Waals surface area contributed by atoms with Gasteiger partial charge in [-0.1, -0.05) is 17.2 Å². The fourth-order valence-corrected chi connectivity index (χ4v) is 3.35. The van der Waals surface area contributed by atoms with Gasteiger partial charge in [0.2, 0.25) is 11.8 Å². The van der Waals surface area contributed by atoms with Gasteiger partial charge in [0.25, 0.3) is 12.3 Å². The molecule has 1 spiro atoms. The molecular weight excluding hydrogens is 368 g/mol. The Labute approximate surface area is 151 Å². The lowest BCUT2D eigenvalue weighted by Gasteiger charge is -2.16. The molecule has 1 aromatic carbocycles. The summed E-state index contributed by atoms with van der Waals surface area (Å²) in [6.45, 7) is 0.210. The molecule has 1 aromatic heterocycles. The summed E-state index contributed by atoms with van der Waals surface area (Å²) in [5, 5.41) is 10.2. The Morgan fingerprint density at radius 2 is 1.96 bits per heavy atom. The average Bonchev–Trinajstić information content (AvgIpc) is 3.06. The molecule has 1 saturated carbocycles. The van der Waals surface area contributed by atoms with E-state index in [2.05, 4.69) is 15.5 Å². The van der Waals surface area contributed by atoms with Crippen molar-refractivity contribution in [2.75, 3.05) is 25.0 Å². The molecule has 1 atom stereocenters. The van der Waals surface area contributed by atoms with Crippen LogP contribution in [0.2, 0.25) is 0 Å². The van der Waals surface area contributed by atoms with Crippen LogP contribution in [0.4, 0.5) is 23.6 Å². The second-order valence-electron chi connectivity index (χ2n) is 6.92. The average molecular weight is 384 g/mol. The Morgan fingerprint density at radius 3 is 2.56 bits per heavy atom. The highest BCUT2D eigenvalue weighted by Gasteiger charge is 2.72. The third-order valence-corrected chi connectivity index (χ3v) is 5.14. The molecule has 2 heterocycles. The number of carbonyl (C=O) groups is 1. The monoisotopic (exact) mass is 384 g/mol. The fourth-order valence-electron chi connectivity index (χ4n) is 3.35. The van der Waals surface area contributed by atoms with Gasteiger partial charge in [0, 0.05) is 30.6 Å². The van der Waals surface area contributed by atoms with Crippen LogP contribution in [0, 0.1) is 5.41 Å². The number of alkyl halides is 4. The fraction of sp³-hybridized carbons (Fsp3) is 0.471. The minimum atomic E-state index is -2.67. The standard InChI is InChI=1S/C17H16F4N4O2/c18-13(19)10-1-3-11(4-2-10)14-23-24-15(27-14)22-7-12(26)25-6-5-16(9-25)8-17(16,20)21/h1-4,13H,5-9H2,(H,22,24). The molecule has 1 unspecified atom stereocenters. The van der Waals surface area contributed by atoms with E-state index in [1.54, 1.807) is 0 Å². The van der Waals surface area contributed by atoms with E-state index in [-0.39, 0.29) is 42.9 Å². The first-order valence-electron chi connectivity index (χ1n) is 8.41. The van der Waals surface area contributed by atoms with Crippen LogP contribution in [-0.2, 0) is 4.79 Å². The molecule has 27 heavy (non-hydrogen) atoms. The number of hydrogen-bond donors (Lipinski definition) is 1. The van der Waals surface area contributed by atoms with Crippen molar-refractivity contribution in [3.63, 3.8) is 0 Å². The Kier molecular flexibility index (Phi) is 4.08. The van der Waals surface area contributed by atoms with E-state index in [0.717, 1.165) is 0 Å². The third kappa shape index (κ3) is 3.24. The molecule has 1 aliphatic heterocycles. The number of benzene rings is 1. The number of nitrogens with zero attached hydrogens (tertiary/aromatic N) is 3. The van der Waals surface area contributed by atoms with E-state index in [0.29, 0.717) is 18.5 Å². The largest absolute Gasteiger partial charge is 0.403 e. The maximum Gasteiger partial charge on any atom is 0.316 e. The van der Waals surface area contributed by atoms with Gasteiger partial charge in [-0.05, 0) is 18.6 Å². The van der Waals surface area contributed by atoms with Crippen molar-refractivity contribution in [1.29, 1.82) is 0 Å². The van der Waals surface area contributed by atoms with E-state index in [9.17, 15) is 22.4 Å². The molecule has 6 nitrogen and oxygen atoms in total.